The first-order valence-corrected chi connectivity index (χ1v) is 12.6. The van der Waals surface area contributed by atoms with Crippen molar-refractivity contribution in [3.8, 4) is 11.5 Å². The number of carboxylic acid groups (broad SMARTS) is 1. The molecule has 0 saturated carbocycles. The second kappa shape index (κ2) is 10.3. The van der Waals surface area contributed by atoms with Gasteiger partial charge in [-0.1, -0.05) is 66.7 Å². The predicted octanol–water partition coefficient (Wildman–Crippen LogP) is 5.84. The van der Waals surface area contributed by atoms with E-state index in [0.29, 0.717) is 23.6 Å². The third-order valence-corrected chi connectivity index (χ3v) is 6.87. The molecule has 0 aliphatic heterocycles. The first kappa shape index (κ1) is 24.2. The van der Waals surface area contributed by atoms with Gasteiger partial charge in [-0.15, -0.1) is 0 Å². The predicted molar refractivity (Wildman–Crippen MR) is 149 cm³/mol. The Morgan fingerprint density at radius 3 is 2.33 bits per heavy atom. The zero-order valence-electron chi connectivity index (χ0n) is 21.0. The van der Waals surface area contributed by atoms with Gasteiger partial charge >= 0.3 is 5.97 Å². The molecular weight excluding hydrogens is 490 g/mol. The Bertz CT molecular complexity index is 1780. The van der Waals surface area contributed by atoms with Crippen LogP contribution < -0.4 is 5.56 Å². The van der Waals surface area contributed by atoms with E-state index in [-0.39, 0.29) is 18.0 Å². The van der Waals surface area contributed by atoms with Gasteiger partial charge in [-0.2, -0.15) is 0 Å². The zero-order chi connectivity index (χ0) is 26.8. The molecule has 6 aromatic rings. The lowest BCUT2D eigenvalue weighted by Crippen LogP contribution is -2.15. The van der Waals surface area contributed by atoms with E-state index in [1.807, 2.05) is 66.7 Å². The van der Waals surface area contributed by atoms with Crippen molar-refractivity contribution in [3.63, 3.8) is 0 Å². The first-order chi connectivity index (χ1) is 19.1. The molecule has 0 radical (unpaired) electrons. The molecule has 3 heterocycles. The molecule has 0 bridgehead atoms. The van der Waals surface area contributed by atoms with Crippen molar-refractivity contribution < 1.29 is 14.3 Å². The molecule has 7 heteroatoms. The normalized spacial score (nSPS) is 11.3. The summed E-state index contributed by atoms with van der Waals surface area (Å²) in [6.07, 6.45) is 5.40. The number of hydrogen-bond acceptors (Lipinski definition) is 4. The van der Waals surface area contributed by atoms with Crippen LogP contribution in [0, 0.1) is 0 Å². The summed E-state index contributed by atoms with van der Waals surface area (Å²) in [5, 5.41) is 10.0. The largest absolute Gasteiger partial charge is 0.480 e. The number of aliphatic carboxylic acids is 1. The fourth-order valence-corrected chi connectivity index (χ4v) is 5.12. The standard InChI is InChI=1S/C32H25N3O4/c36-29(37)19-35-15-14-26-27(12-7-13-28(26)35)32-34-25(20-39-32)17-23-16-24(18-33-31(23)38)30(21-8-3-1-4-9-21)22-10-5-2-6-11-22/h1-16,18,20,30H,17,19H2,(H,33,38)(H,36,37). The van der Waals surface area contributed by atoms with E-state index in [1.54, 1.807) is 23.2 Å². The highest BCUT2D eigenvalue weighted by Gasteiger charge is 2.19. The van der Waals surface area contributed by atoms with Gasteiger partial charge in [-0.3, -0.25) is 9.59 Å². The number of nitrogens with one attached hydrogen (secondary N) is 1. The second-order valence-electron chi connectivity index (χ2n) is 9.44. The Kier molecular flexibility index (Phi) is 6.39. The summed E-state index contributed by atoms with van der Waals surface area (Å²) in [5.74, 6) is -0.531. The van der Waals surface area contributed by atoms with Crippen molar-refractivity contribution in [2.24, 2.45) is 0 Å². The van der Waals surface area contributed by atoms with E-state index in [9.17, 15) is 14.7 Å². The highest BCUT2D eigenvalue weighted by atomic mass is 16.4. The Balaban J connectivity index is 1.33. The van der Waals surface area contributed by atoms with Gasteiger partial charge in [0.1, 0.15) is 12.8 Å². The summed E-state index contributed by atoms with van der Waals surface area (Å²) < 4.78 is 7.50. The highest BCUT2D eigenvalue weighted by Crippen LogP contribution is 2.32. The van der Waals surface area contributed by atoms with Crippen LogP contribution in [-0.4, -0.2) is 25.6 Å². The van der Waals surface area contributed by atoms with Gasteiger partial charge in [0.15, 0.2) is 0 Å². The van der Waals surface area contributed by atoms with Crippen molar-refractivity contribution in [2.75, 3.05) is 0 Å². The van der Waals surface area contributed by atoms with E-state index in [0.717, 1.165) is 33.2 Å². The third kappa shape index (κ3) is 4.90. The molecule has 192 valence electrons. The Labute approximate surface area is 224 Å². The number of aromatic amines is 1. The molecule has 7 nitrogen and oxygen atoms in total. The fraction of sp³-hybridized carbons (Fsp3) is 0.0938. The molecule has 0 amide bonds. The van der Waals surface area contributed by atoms with Crippen molar-refractivity contribution in [3.05, 3.63) is 148 Å². The molecule has 39 heavy (non-hydrogen) atoms. The molecule has 0 aliphatic rings. The van der Waals surface area contributed by atoms with Gasteiger partial charge in [0.2, 0.25) is 5.89 Å². The number of hydrogen-bond donors (Lipinski definition) is 2. The molecule has 3 aromatic carbocycles. The highest BCUT2D eigenvalue weighted by molar-refractivity contribution is 5.94. The van der Waals surface area contributed by atoms with Gasteiger partial charge in [0, 0.05) is 46.8 Å². The van der Waals surface area contributed by atoms with Gasteiger partial charge in [-0.25, -0.2) is 4.98 Å². The van der Waals surface area contributed by atoms with Crippen LogP contribution in [-0.2, 0) is 17.8 Å². The summed E-state index contributed by atoms with van der Waals surface area (Å²) in [6, 6.07) is 29.9. The number of benzene rings is 3. The van der Waals surface area contributed by atoms with E-state index >= 15 is 0 Å². The fourth-order valence-electron chi connectivity index (χ4n) is 5.12. The van der Waals surface area contributed by atoms with Gasteiger partial charge in [0.25, 0.3) is 5.56 Å². The van der Waals surface area contributed by atoms with E-state index in [2.05, 4.69) is 34.2 Å². The van der Waals surface area contributed by atoms with Crippen LogP contribution in [0.1, 0.15) is 33.9 Å². The number of pyridine rings is 1. The number of fused-ring (bicyclic) bond motifs is 1. The number of H-pyrrole nitrogens is 1. The van der Waals surface area contributed by atoms with Gasteiger partial charge in [-0.05, 0) is 41.0 Å². The van der Waals surface area contributed by atoms with Crippen LogP contribution >= 0.6 is 0 Å². The first-order valence-electron chi connectivity index (χ1n) is 12.6. The Morgan fingerprint density at radius 1 is 0.923 bits per heavy atom. The lowest BCUT2D eigenvalue weighted by atomic mass is 9.85. The van der Waals surface area contributed by atoms with Crippen LogP contribution in [0.15, 0.2) is 119 Å². The number of oxazole rings is 1. The minimum Gasteiger partial charge on any atom is -0.480 e. The molecule has 0 spiro atoms. The van der Waals surface area contributed by atoms with Crippen molar-refractivity contribution >= 4 is 16.9 Å². The lowest BCUT2D eigenvalue weighted by molar-refractivity contribution is -0.137. The second-order valence-corrected chi connectivity index (χ2v) is 9.44. The molecule has 2 N–H and O–H groups in total. The maximum absolute atomic E-state index is 12.8. The average Bonchev–Trinajstić information content (AvgIpc) is 3.59. The van der Waals surface area contributed by atoms with Crippen LogP contribution in [0.2, 0.25) is 0 Å². The van der Waals surface area contributed by atoms with Crippen LogP contribution in [0.25, 0.3) is 22.4 Å². The molecule has 0 aliphatic carbocycles. The smallest absolute Gasteiger partial charge is 0.323 e. The van der Waals surface area contributed by atoms with Crippen LogP contribution in [0.4, 0.5) is 0 Å². The van der Waals surface area contributed by atoms with Crippen molar-refractivity contribution in [2.45, 2.75) is 18.9 Å². The molecule has 6 rings (SSSR count). The minimum absolute atomic E-state index is 0.0386. The molecule has 0 unspecified atom stereocenters. The molecule has 0 saturated heterocycles. The maximum atomic E-state index is 12.8. The Hall–Kier alpha value is -5.17. The zero-order valence-corrected chi connectivity index (χ0v) is 21.0. The number of nitrogens with zero attached hydrogens (tertiary/aromatic N) is 2. The Morgan fingerprint density at radius 2 is 1.64 bits per heavy atom. The summed E-state index contributed by atoms with van der Waals surface area (Å²) >= 11 is 0. The molecule has 0 fully saturated rings. The number of carboxylic acids is 1. The average molecular weight is 516 g/mol. The van der Waals surface area contributed by atoms with Crippen LogP contribution in [0.5, 0.6) is 0 Å². The van der Waals surface area contributed by atoms with Crippen molar-refractivity contribution in [1.29, 1.82) is 0 Å². The van der Waals surface area contributed by atoms with Crippen molar-refractivity contribution in [1.82, 2.24) is 14.5 Å². The number of rotatable bonds is 8. The molecule has 0 atom stereocenters. The summed E-state index contributed by atoms with van der Waals surface area (Å²) in [4.78, 5) is 31.7. The van der Waals surface area contributed by atoms with E-state index < -0.39 is 5.97 Å². The monoisotopic (exact) mass is 515 g/mol. The lowest BCUT2D eigenvalue weighted by Gasteiger charge is -2.19. The molecule has 3 aromatic heterocycles. The van der Waals surface area contributed by atoms with Crippen LogP contribution in [0.3, 0.4) is 0 Å². The van der Waals surface area contributed by atoms with Gasteiger partial charge in [0.05, 0.1) is 5.69 Å². The molecular formula is C32H25N3O4. The van der Waals surface area contributed by atoms with E-state index in [1.165, 1.54) is 0 Å². The minimum atomic E-state index is -0.912. The van der Waals surface area contributed by atoms with E-state index in [4.69, 9.17) is 4.42 Å². The summed E-state index contributed by atoms with van der Waals surface area (Å²) in [7, 11) is 0. The number of carbonyl (C=O) groups is 1. The topological polar surface area (TPSA) is 101 Å². The van der Waals surface area contributed by atoms with Gasteiger partial charge < -0.3 is 19.1 Å². The maximum Gasteiger partial charge on any atom is 0.323 e. The summed E-state index contributed by atoms with van der Waals surface area (Å²) in [6.45, 7) is -0.129. The quantitative estimate of drug-likeness (QED) is 0.265. The summed E-state index contributed by atoms with van der Waals surface area (Å²) in [5.41, 5.74) is 5.85. The SMILES string of the molecule is O=C(O)Cn1ccc2c(-c3nc(Cc4cc(C(c5ccccc5)c5ccccc5)c[nH]c4=O)co3)cccc21. The third-order valence-electron chi connectivity index (χ3n) is 6.87. The number of aromatic nitrogens is 3.